The zero-order chi connectivity index (χ0) is 17.7. The van der Waals surface area contributed by atoms with Crippen LogP contribution in [0.5, 0.6) is 0 Å². The second kappa shape index (κ2) is 8.15. The molecule has 2 rings (SSSR count). The predicted molar refractivity (Wildman–Crippen MR) is 107 cm³/mol. The van der Waals surface area contributed by atoms with Crippen LogP contribution in [0.1, 0.15) is 38.2 Å². The number of nitrogens with one attached hydrogen (secondary N) is 1. The highest BCUT2D eigenvalue weighted by molar-refractivity contribution is 8.17. The van der Waals surface area contributed by atoms with Gasteiger partial charge in [0.25, 0.3) is 0 Å². The molecule has 0 unspecified atom stereocenters. The summed E-state index contributed by atoms with van der Waals surface area (Å²) in [6, 6.07) is 0. The summed E-state index contributed by atoms with van der Waals surface area (Å²) in [7, 11) is 0. The second-order valence-electron chi connectivity index (χ2n) is 6.02. The van der Waals surface area contributed by atoms with Gasteiger partial charge >= 0.3 is 0 Å². The molecular formula is C20H25N3S. The summed E-state index contributed by atoms with van der Waals surface area (Å²) in [5.41, 5.74) is 4.64. The zero-order valence-corrected chi connectivity index (χ0v) is 15.8. The number of hydrogen-bond donors (Lipinski definition) is 1. The van der Waals surface area contributed by atoms with E-state index < -0.39 is 0 Å². The molecule has 24 heavy (non-hydrogen) atoms. The summed E-state index contributed by atoms with van der Waals surface area (Å²) >= 11 is 1.61. The van der Waals surface area contributed by atoms with Crippen LogP contribution in [0.3, 0.4) is 0 Å². The number of aromatic nitrogens is 2. The van der Waals surface area contributed by atoms with Crippen molar-refractivity contribution in [2.45, 2.75) is 40.5 Å². The van der Waals surface area contributed by atoms with Gasteiger partial charge in [-0.1, -0.05) is 48.2 Å². The van der Waals surface area contributed by atoms with Crippen LogP contribution in [-0.2, 0) is 0 Å². The van der Waals surface area contributed by atoms with Crippen LogP contribution in [0.4, 0.5) is 5.82 Å². The quantitative estimate of drug-likeness (QED) is 0.400. The molecule has 0 aliphatic heterocycles. The van der Waals surface area contributed by atoms with Gasteiger partial charge in [-0.2, -0.15) is 0 Å². The number of imidazole rings is 1. The van der Waals surface area contributed by atoms with Crippen LogP contribution >= 0.6 is 11.8 Å². The average Bonchev–Trinajstić information content (AvgIpc) is 2.83. The monoisotopic (exact) mass is 339 g/mol. The van der Waals surface area contributed by atoms with Gasteiger partial charge < -0.3 is 4.98 Å². The maximum Gasteiger partial charge on any atom is 0.174 e. The summed E-state index contributed by atoms with van der Waals surface area (Å²) in [5, 5.41) is 0.830. The van der Waals surface area contributed by atoms with E-state index in [2.05, 4.69) is 53.3 Å². The minimum absolute atomic E-state index is 0.717. The molecule has 0 saturated carbocycles. The molecule has 1 aromatic rings. The third-order valence-electron chi connectivity index (χ3n) is 3.66. The molecule has 3 nitrogen and oxygen atoms in total. The first-order chi connectivity index (χ1) is 11.4. The number of hydrogen-bond acceptors (Lipinski definition) is 3. The number of thioether (sulfide) groups is 1. The van der Waals surface area contributed by atoms with Crippen LogP contribution in [0.15, 0.2) is 64.1 Å². The van der Waals surface area contributed by atoms with E-state index in [0.29, 0.717) is 0 Å². The molecule has 0 spiro atoms. The molecule has 4 heteroatoms. The lowest BCUT2D eigenvalue weighted by Gasteiger charge is -2.16. The van der Waals surface area contributed by atoms with E-state index in [4.69, 9.17) is 0 Å². The molecule has 0 aromatic carbocycles. The first kappa shape index (κ1) is 18.3. The van der Waals surface area contributed by atoms with Gasteiger partial charge in [-0.05, 0) is 58.3 Å². The van der Waals surface area contributed by atoms with Crippen LogP contribution in [0, 0.1) is 13.8 Å². The number of nitrogens with zero attached hydrogens (tertiary/aromatic N) is 2. The SMILES string of the molecule is C=C/C(=N\c1nc(C)[nH]c1C)S/C(=C/C(=C)C)C1=C(C)CCC=C1. The lowest BCUT2D eigenvalue weighted by atomic mass is 9.98. The smallest absolute Gasteiger partial charge is 0.174 e. The highest BCUT2D eigenvalue weighted by Gasteiger charge is 2.13. The zero-order valence-electron chi connectivity index (χ0n) is 14.9. The Morgan fingerprint density at radius 2 is 2.12 bits per heavy atom. The van der Waals surface area contributed by atoms with Gasteiger partial charge in [-0.15, -0.1) is 0 Å². The minimum Gasteiger partial charge on any atom is -0.344 e. The Morgan fingerprint density at radius 1 is 1.38 bits per heavy atom. The minimum atomic E-state index is 0.717. The highest BCUT2D eigenvalue weighted by Crippen LogP contribution is 2.34. The van der Waals surface area contributed by atoms with Gasteiger partial charge in [0.05, 0.1) is 5.69 Å². The van der Waals surface area contributed by atoms with Crippen LogP contribution < -0.4 is 0 Å². The molecule has 0 saturated heterocycles. The van der Waals surface area contributed by atoms with Crippen molar-refractivity contribution in [2.75, 3.05) is 0 Å². The van der Waals surface area contributed by atoms with Gasteiger partial charge in [0, 0.05) is 4.91 Å². The molecule has 126 valence electrons. The normalized spacial score (nSPS) is 15.8. The van der Waals surface area contributed by atoms with Crippen molar-refractivity contribution in [1.82, 2.24) is 9.97 Å². The largest absolute Gasteiger partial charge is 0.344 e. The summed E-state index contributed by atoms with van der Waals surface area (Å²) in [4.78, 5) is 13.4. The van der Waals surface area contributed by atoms with E-state index >= 15 is 0 Å². The fourth-order valence-electron chi connectivity index (χ4n) is 2.49. The van der Waals surface area contributed by atoms with Gasteiger partial charge in [0.1, 0.15) is 10.9 Å². The number of aliphatic imine (C=N–C) groups is 1. The lowest BCUT2D eigenvalue weighted by molar-refractivity contribution is 0.947. The third-order valence-corrected chi connectivity index (χ3v) is 4.68. The molecule has 1 N–H and O–H groups in total. The second-order valence-corrected chi connectivity index (χ2v) is 7.08. The van der Waals surface area contributed by atoms with Crippen molar-refractivity contribution in [2.24, 2.45) is 4.99 Å². The fourth-order valence-corrected chi connectivity index (χ4v) is 3.54. The number of allylic oxidation sites excluding steroid dienone is 6. The van der Waals surface area contributed by atoms with Crippen molar-refractivity contribution in [3.05, 3.63) is 70.6 Å². The van der Waals surface area contributed by atoms with E-state index in [-0.39, 0.29) is 0 Å². The van der Waals surface area contributed by atoms with Crippen molar-refractivity contribution in [1.29, 1.82) is 0 Å². The lowest BCUT2D eigenvalue weighted by Crippen LogP contribution is -1.97. The highest BCUT2D eigenvalue weighted by atomic mass is 32.2. The molecule has 1 aromatic heterocycles. The molecular weight excluding hydrogens is 314 g/mol. The average molecular weight is 340 g/mol. The maximum atomic E-state index is 4.67. The van der Waals surface area contributed by atoms with Gasteiger partial charge in [0.2, 0.25) is 0 Å². The van der Waals surface area contributed by atoms with E-state index in [1.165, 1.54) is 11.1 Å². The summed E-state index contributed by atoms with van der Waals surface area (Å²) in [5.74, 6) is 1.58. The fraction of sp³-hybridized carbons (Fsp3) is 0.300. The Hall–Kier alpha value is -2.07. The van der Waals surface area contributed by atoms with E-state index in [0.717, 1.165) is 45.7 Å². The van der Waals surface area contributed by atoms with E-state index in [1.807, 2.05) is 20.8 Å². The first-order valence-corrected chi connectivity index (χ1v) is 8.88. The van der Waals surface area contributed by atoms with E-state index in [1.54, 1.807) is 17.8 Å². The topological polar surface area (TPSA) is 41.0 Å². The van der Waals surface area contributed by atoms with Crippen molar-refractivity contribution in [3.8, 4) is 0 Å². The summed E-state index contributed by atoms with van der Waals surface area (Å²) in [6.45, 7) is 16.1. The maximum absolute atomic E-state index is 4.67. The summed E-state index contributed by atoms with van der Waals surface area (Å²) < 4.78 is 0. The Balaban J connectivity index is 2.37. The molecule has 1 aliphatic carbocycles. The van der Waals surface area contributed by atoms with Crippen LogP contribution in [0.25, 0.3) is 0 Å². The first-order valence-electron chi connectivity index (χ1n) is 8.06. The van der Waals surface area contributed by atoms with Crippen molar-refractivity contribution in [3.63, 3.8) is 0 Å². The molecule has 0 radical (unpaired) electrons. The molecule has 1 heterocycles. The van der Waals surface area contributed by atoms with Gasteiger partial charge in [0.15, 0.2) is 5.82 Å². The third kappa shape index (κ3) is 4.71. The molecule has 0 atom stereocenters. The van der Waals surface area contributed by atoms with Crippen LogP contribution in [0.2, 0.25) is 0 Å². The number of H-pyrrole nitrogens is 1. The standard InChI is InChI=1S/C20H25N3S/c1-7-19(23-20-15(5)21-16(6)22-20)24-18(12-13(2)3)17-11-9-8-10-14(17)4/h7,9,11-12H,1-2,8,10H2,3-6H3,(H,21,22)/b18-12+,23-19+. The van der Waals surface area contributed by atoms with Crippen LogP contribution in [-0.4, -0.2) is 15.0 Å². The molecule has 0 amide bonds. The Labute approximate surface area is 149 Å². The Bertz CT molecular complexity index is 773. The molecule has 0 bridgehead atoms. The molecule has 1 aliphatic rings. The van der Waals surface area contributed by atoms with E-state index in [9.17, 15) is 0 Å². The Kier molecular flexibility index (Phi) is 6.21. The number of aryl methyl sites for hydroxylation is 2. The number of aromatic amines is 1. The van der Waals surface area contributed by atoms with Crippen molar-refractivity contribution < 1.29 is 0 Å². The number of rotatable bonds is 5. The van der Waals surface area contributed by atoms with Gasteiger partial charge in [-0.25, -0.2) is 9.98 Å². The molecule has 0 fully saturated rings. The van der Waals surface area contributed by atoms with Gasteiger partial charge in [-0.3, -0.25) is 0 Å². The summed E-state index contributed by atoms with van der Waals surface area (Å²) in [6.07, 6.45) is 10.5. The predicted octanol–water partition coefficient (Wildman–Crippen LogP) is 6.10. The Morgan fingerprint density at radius 3 is 2.67 bits per heavy atom. The van der Waals surface area contributed by atoms with Crippen molar-refractivity contribution >= 4 is 22.6 Å².